The van der Waals surface area contributed by atoms with Crippen molar-refractivity contribution in [1.82, 2.24) is 15.5 Å². The lowest BCUT2D eigenvalue weighted by molar-refractivity contribution is -0.132. The van der Waals surface area contributed by atoms with E-state index >= 15 is 0 Å². The van der Waals surface area contributed by atoms with Crippen LogP contribution in [0.2, 0.25) is 0 Å². The van der Waals surface area contributed by atoms with Crippen molar-refractivity contribution in [3.63, 3.8) is 0 Å². The number of carbonyl (C=O) groups is 1. The highest BCUT2D eigenvalue weighted by molar-refractivity contribution is 5.81. The van der Waals surface area contributed by atoms with Crippen LogP contribution in [-0.2, 0) is 4.79 Å². The molecule has 0 aromatic heterocycles. The molecule has 0 aliphatic carbocycles. The van der Waals surface area contributed by atoms with E-state index in [0.717, 1.165) is 25.5 Å². The number of guanidine groups is 1. The van der Waals surface area contributed by atoms with Crippen LogP contribution in [0.3, 0.4) is 0 Å². The second kappa shape index (κ2) is 7.50. The number of likely N-dealkylation sites (tertiary alicyclic amines) is 1. The summed E-state index contributed by atoms with van der Waals surface area (Å²) in [5.41, 5.74) is -0.0336. The molecule has 1 heterocycles. The van der Waals surface area contributed by atoms with Gasteiger partial charge in [0.25, 0.3) is 0 Å². The summed E-state index contributed by atoms with van der Waals surface area (Å²) in [6.07, 6.45) is 2.90. The average Bonchev–Trinajstić information content (AvgIpc) is 2.36. The average molecular weight is 282 g/mol. The van der Waals surface area contributed by atoms with E-state index in [0.29, 0.717) is 18.9 Å². The van der Waals surface area contributed by atoms with Crippen molar-refractivity contribution in [2.45, 2.75) is 52.5 Å². The van der Waals surface area contributed by atoms with Gasteiger partial charge >= 0.3 is 0 Å². The maximum absolute atomic E-state index is 12.1. The highest BCUT2D eigenvalue weighted by atomic mass is 16.2. The van der Waals surface area contributed by atoms with E-state index in [1.165, 1.54) is 6.42 Å². The minimum atomic E-state index is -0.0336. The molecule has 1 atom stereocenters. The maximum Gasteiger partial charge on any atom is 0.224 e. The first-order valence-corrected chi connectivity index (χ1v) is 7.58. The molecular weight excluding hydrogens is 252 g/mol. The standard InChI is InChI=1S/C15H30N4O/c1-12-7-6-10-19(11-12)13(20)8-9-17-14(16-5)18-15(2,3)4/h12H,6-11H2,1-5H3,(H2,16,17,18). The number of nitrogens with zero attached hydrogens (tertiary/aromatic N) is 2. The van der Waals surface area contributed by atoms with Gasteiger partial charge in [-0.25, -0.2) is 0 Å². The molecule has 5 nitrogen and oxygen atoms in total. The molecule has 0 saturated carbocycles. The fraction of sp³-hybridized carbons (Fsp3) is 0.867. The Labute approximate surface area is 123 Å². The summed E-state index contributed by atoms with van der Waals surface area (Å²) >= 11 is 0. The highest BCUT2D eigenvalue weighted by Gasteiger charge is 2.20. The predicted octanol–water partition coefficient (Wildman–Crippen LogP) is 1.60. The fourth-order valence-electron chi connectivity index (χ4n) is 2.40. The molecule has 1 rings (SSSR count). The number of piperidine rings is 1. The van der Waals surface area contributed by atoms with Crippen LogP contribution in [0.1, 0.15) is 47.0 Å². The smallest absolute Gasteiger partial charge is 0.224 e. The summed E-state index contributed by atoms with van der Waals surface area (Å²) in [5.74, 6) is 1.63. The Morgan fingerprint density at radius 3 is 2.65 bits per heavy atom. The first-order valence-electron chi connectivity index (χ1n) is 7.58. The van der Waals surface area contributed by atoms with Crippen LogP contribution in [-0.4, -0.2) is 49.0 Å². The molecule has 1 aliphatic heterocycles. The van der Waals surface area contributed by atoms with Crippen molar-refractivity contribution in [1.29, 1.82) is 0 Å². The molecule has 5 heteroatoms. The molecule has 1 fully saturated rings. The van der Waals surface area contributed by atoms with Crippen LogP contribution >= 0.6 is 0 Å². The quantitative estimate of drug-likeness (QED) is 0.610. The van der Waals surface area contributed by atoms with Gasteiger partial charge in [0, 0.05) is 38.6 Å². The van der Waals surface area contributed by atoms with Gasteiger partial charge in [-0.05, 0) is 39.5 Å². The molecule has 0 aromatic carbocycles. The van der Waals surface area contributed by atoms with Gasteiger partial charge in [-0.3, -0.25) is 9.79 Å². The van der Waals surface area contributed by atoms with Gasteiger partial charge in [0.15, 0.2) is 5.96 Å². The van der Waals surface area contributed by atoms with Gasteiger partial charge in [-0.15, -0.1) is 0 Å². The zero-order valence-corrected chi connectivity index (χ0v) is 13.6. The number of carbonyl (C=O) groups excluding carboxylic acids is 1. The fourth-order valence-corrected chi connectivity index (χ4v) is 2.40. The van der Waals surface area contributed by atoms with Crippen LogP contribution in [0.4, 0.5) is 0 Å². The number of amides is 1. The van der Waals surface area contributed by atoms with Crippen LogP contribution < -0.4 is 10.6 Å². The second-order valence-electron chi connectivity index (χ2n) is 6.71. The normalized spacial score (nSPS) is 20.8. The first kappa shape index (κ1) is 16.8. The van der Waals surface area contributed by atoms with Gasteiger partial charge in [0.2, 0.25) is 5.91 Å². The van der Waals surface area contributed by atoms with Crippen molar-refractivity contribution in [3.05, 3.63) is 0 Å². The minimum Gasteiger partial charge on any atom is -0.356 e. The zero-order valence-electron chi connectivity index (χ0n) is 13.6. The van der Waals surface area contributed by atoms with Crippen molar-refractivity contribution in [3.8, 4) is 0 Å². The molecule has 1 amide bonds. The monoisotopic (exact) mass is 282 g/mol. The molecule has 20 heavy (non-hydrogen) atoms. The molecule has 116 valence electrons. The predicted molar refractivity (Wildman–Crippen MR) is 83.8 cm³/mol. The van der Waals surface area contributed by atoms with Crippen molar-refractivity contribution in [2.24, 2.45) is 10.9 Å². The number of rotatable bonds is 3. The highest BCUT2D eigenvalue weighted by Crippen LogP contribution is 2.15. The summed E-state index contributed by atoms with van der Waals surface area (Å²) < 4.78 is 0. The largest absolute Gasteiger partial charge is 0.356 e. The summed E-state index contributed by atoms with van der Waals surface area (Å²) in [6.45, 7) is 10.9. The second-order valence-corrected chi connectivity index (χ2v) is 6.71. The van der Waals surface area contributed by atoms with Crippen LogP contribution in [0, 0.1) is 5.92 Å². The van der Waals surface area contributed by atoms with Crippen molar-refractivity contribution in [2.75, 3.05) is 26.7 Å². The van der Waals surface area contributed by atoms with Crippen molar-refractivity contribution >= 4 is 11.9 Å². The zero-order chi connectivity index (χ0) is 15.2. The van der Waals surface area contributed by atoms with E-state index in [4.69, 9.17) is 0 Å². The third-order valence-corrected chi connectivity index (χ3v) is 3.36. The van der Waals surface area contributed by atoms with Crippen LogP contribution in [0.25, 0.3) is 0 Å². The number of hydrogen-bond donors (Lipinski definition) is 2. The van der Waals surface area contributed by atoms with E-state index in [2.05, 4.69) is 43.3 Å². The van der Waals surface area contributed by atoms with Gasteiger partial charge < -0.3 is 15.5 Å². The molecule has 0 spiro atoms. The van der Waals surface area contributed by atoms with E-state index < -0.39 is 0 Å². The molecule has 0 radical (unpaired) electrons. The van der Waals surface area contributed by atoms with Crippen molar-refractivity contribution < 1.29 is 4.79 Å². The third-order valence-electron chi connectivity index (χ3n) is 3.36. The van der Waals surface area contributed by atoms with Gasteiger partial charge in [0.05, 0.1) is 0 Å². The van der Waals surface area contributed by atoms with E-state index in [1.807, 2.05) is 4.90 Å². The number of hydrogen-bond acceptors (Lipinski definition) is 2. The Hall–Kier alpha value is -1.26. The molecule has 0 bridgehead atoms. The number of nitrogens with one attached hydrogen (secondary N) is 2. The Morgan fingerprint density at radius 1 is 1.40 bits per heavy atom. The number of aliphatic imine (C=N–C) groups is 1. The molecule has 2 N–H and O–H groups in total. The van der Waals surface area contributed by atoms with Crippen LogP contribution in [0.5, 0.6) is 0 Å². The molecular formula is C15H30N4O. The Balaban J connectivity index is 2.30. The lowest BCUT2D eigenvalue weighted by Gasteiger charge is -2.31. The summed E-state index contributed by atoms with van der Waals surface area (Å²) in [5, 5.41) is 6.48. The topological polar surface area (TPSA) is 56.7 Å². The van der Waals surface area contributed by atoms with E-state index in [1.54, 1.807) is 7.05 Å². The van der Waals surface area contributed by atoms with E-state index in [9.17, 15) is 4.79 Å². The van der Waals surface area contributed by atoms with Crippen LogP contribution in [0.15, 0.2) is 4.99 Å². The Morgan fingerprint density at radius 2 is 2.10 bits per heavy atom. The van der Waals surface area contributed by atoms with Gasteiger partial charge in [0.1, 0.15) is 0 Å². The SMILES string of the molecule is CN=C(NCCC(=O)N1CCCC(C)C1)NC(C)(C)C. The maximum atomic E-state index is 12.1. The molecule has 1 unspecified atom stereocenters. The molecule has 1 saturated heterocycles. The Kier molecular flexibility index (Phi) is 6.30. The minimum absolute atomic E-state index is 0.0336. The third kappa shape index (κ3) is 6.26. The molecule has 1 aliphatic rings. The van der Waals surface area contributed by atoms with Gasteiger partial charge in [-0.2, -0.15) is 0 Å². The summed E-state index contributed by atoms with van der Waals surface area (Å²) in [7, 11) is 1.75. The Bertz CT molecular complexity index is 346. The first-order chi connectivity index (χ1) is 9.31. The lowest BCUT2D eigenvalue weighted by atomic mass is 10.00. The summed E-state index contributed by atoms with van der Waals surface area (Å²) in [4.78, 5) is 18.3. The summed E-state index contributed by atoms with van der Waals surface area (Å²) in [6, 6.07) is 0. The lowest BCUT2D eigenvalue weighted by Crippen LogP contribution is -2.48. The van der Waals surface area contributed by atoms with E-state index in [-0.39, 0.29) is 11.4 Å². The molecule has 0 aromatic rings. The van der Waals surface area contributed by atoms with Gasteiger partial charge in [-0.1, -0.05) is 6.92 Å².